The first-order valence-electron chi connectivity index (χ1n) is 5.95. The molecule has 0 saturated heterocycles. The normalized spacial score (nSPS) is 12.2. The van der Waals surface area contributed by atoms with Crippen LogP contribution in [0.4, 0.5) is 13.2 Å². The van der Waals surface area contributed by atoms with Gasteiger partial charge in [-0.15, -0.1) is 0 Å². The second kappa shape index (κ2) is 6.15. The number of alkyl halides is 3. The van der Waals surface area contributed by atoms with Crippen LogP contribution in [0.1, 0.15) is 11.1 Å². The molecule has 0 bridgehead atoms. The molecule has 0 fully saturated rings. The largest absolute Gasteiger partial charge is 0.416 e. The molecule has 0 atom stereocenters. The maximum absolute atomic E-state index is 12.8. The number of nitrogens with zero attached hydrogens (tertiary/aromatic N) is 2. The number of aromatic nitrogens is 1. The molecule has 0 unspecified atom stereocenters. The van der Waals surface area contributed by atoms with E-state index in [9.17, 15) is 21.6 Å². The Hall–Kier alpha value is -1.40. The van der Waals surface area contributed by atoms with Crippen molar-refractivity contribution in [2.45, 2.75) is 11.1 Å². The van der Waals surface area contributed by atoms with E-state index in [1.54, 1.807) is 6.07 Å². The van der Waals surface area contributed by atoms with Crippen LogP contribution < -0.4 is 0 Å². The first kappa shape index (κ1) is 18.9. The van der Waals surface area contributed by atoms with Gasteiger partial charge < -0.3 is 4.57 Å². The summed E-state index contributed by atoms with van der Waals surface area (Å²) in [6.45, 7) is 0. The van der Waals surface area contributed by atoms with Crippen molar-refractivity contribution < 1.29 is 21.6 Å². The van der Waals surface area contributed by atoms with Crippen molar-refractivity contribution in [3.05, 3.63) is 44.7 Å². The van der Waals surface area contributed by atoms with Gasteiger partial charge in [-0.2, -0.15) is 18.4 Å². The molecule has 0 spiro atoms. The van der Waals surface area contributed by atoms with Crippen LogP contribution in [-0.4, -0.2) is 19.2 Å². The number of nitriles is 1. The minimum Gasteiger partial charge on any atom is -0.302 e. The van der Waals surface area contributed by atoms with Crippen LogP contribution in [0.3, 0.4) is 0 Å². The highest BCUT2D eigenvalue weighted by molar-refractivity contribution is 7.90. The summed E-state index contributed by atoms with van der Waals surface area (Å²) in [6, 6.07) is 2.90. The number of hydrogen-bond acceptors (Lipinski definition) is 3. The molecular formula is C13H6Cl3F3N2O2S. The van der Waals surface area contributed by atoms with Gasteiger partial charge in [0.25, 0.3) is 0 Å². The molecule has 0 N–H and O–H groups in total. The van der Waals surface area contributed by atoms with Crippen molar-refractivity contribution in [3.63, 3.8) is 0 Å². The smallest absolute Gasteiger partial charge is 0.302 e. The van der Waals surface area contributed by atoms with E-state index in [2.05, 4.69) is 0 Å². The zero-order chi connectivity index (χ0) is 18.4. The molecule has 4 nitrogen and oxygen atoms in total. The maximum Gasteiger partial charge on any atom is 0.416 e. The van der Waals surface area contributed by atoms with Crippen LogP contribution in [0.15, 0.2) is 23.2 Å². The van der Waals surface area contributed by atoms with E-state index >= 15 is 0 Å². The van der Waals surface area contributed by atoms with Gasteiger partial charge in [-0.25, -0.2) is 8.42 Å². The average molecular weight is 418 g/mol. The fraction of sp³-hybridized carbons (Fsp3) is 0.154. The SMILES string of the molecule is CS(=O)(=O)c1cn(-c2c(Cl)cc(C(F)(F)F)cc2Cl)c(Cl)c1C#N. The third-order valence-electron chi connectivity index (χ3n) is 3.01. The monoisotopic (exact) mass is 416 g/mol. The zero-order valence-electron chi connectivity index (χ0n) is 11.6. The lowest BCUT2D eigenvalue weighted by Gasteiger charge is -2.13. The summed E-state index contributed by atoms with van der Waals surface area (Å²) in [5, 5.41) is 7.94. The van der Waals surface area contributed by atoms with Crippen LogP contribution >= 0.6 is 34.8 Å². The lowest BCUT2D eigenvalue weighted by molar-refractivity contribution is -0.137. The highest BCUT2D eigenvalue weighted by Gasteiger charge is 2.33. The summed E-state index contributed by atoms with van der Waals surface area (Å²) in [7, 11) is -3.81. The summed E-state index contributed by atoms with van der Waals surface area (Å²) in [4.78, 5) is -0.387. The predicted octanol–water partition coefficient (Wildman–Crippen LogP) is 4.73. The van der Waals surface area contributed by atoms with Crippen molar-refractivity contribution in [1.29, 1.82) is 5.26 Å². The quantitative estimate of drug-likeness (QED) is 0.709. The molecule has 0 saturated carbocycles. The zero-order valence-corrected chi connectivity index (χ0v) is 14.7. The lowest BCUT2D eigenvalue weighted by Crippen LogP contribution is -2.06. The molecule has 1 heterocycles. The topological polar surface area (TPSA) is 62.9 Å². The van der Waals surface area contributed by atoms with Crippen LogP contribution in [0.5, 0.6) is 0 Å². The maximum atomic E-state index is 12.8. The first-order valence-corrected chi connectivity index (χ1v) is 8.98. The van der Waals surface area contributed by atoms with Crippen molar-refractivity contribution in [3.8, 4) is 11.8 Å². The Balaban J connectivity index is 2.80. The third kappa shape index (κ3) is 3.35. The minimum absolute atomic E-state index is 0.164. The summed E-state index contributed by atoms with van der Waals surface area (Å²) in [5.41, 5.74) is -1.60. The Bertz CT molecular complexity index is 953. The second-order valence-electron chi connectivity index (χ2n) is 4.70. The average Bonchev–Trinajstić information content (AvgIpc) is 2.74. The Morgan fingerprint density at radius 3 is 2.00 bits per heavy atom. The molecule has 0 amide bonds. The van der Waals surface area contributed by atoms with E-state index in [0.717, 1.165) is 17.0 Å². The molecule has 2 aromatic rings. The van der Waals surface area contributed by atoms with E-state index in [4.69, 9.17) is 40.1 Å². The van der Waals surface area contributed by atoms with E-state index < -0.39 is 31.6 Å². The van der Waals surface area contributed by atoms with Crippen LogP contribution in [0.25, 0.3) is 5.69 Å². The number of benzene rings is 1. The van der Waals surface area contributed by atoms with Gasteiger partial charge in [0.15, 0.2) is 9.84 Å². The summed E-state index contributed by atoms with van der Waals surface area (Å²) in [5.74, 6) is 0. The molecule has 0 radical (unpaired) electrons. The lowest BCUT2D eigenvalue weighted by atomic mass is 10.2. The van der Waals surface area contributed by atoms with Gasteiger partial charge in [-0.3, -0.25) is 0 Å². The Labute approximate surface area is 149 Å². The summed E-state index contributed by atoms with van der Waals surface area (Å²) < 4.78 is 62.7. The van der Waals surface area contributed by atoms with Crippen molar-refractivity contribution in [2.24, 2.45) is 0 Å². The highest BCUT2D eigenvalue weighted by atomic mass is 35.5. The van der Waals surface area contributed by atoms with Gasteiger partial charge in [-0.05, 0) is 12.1 Å². The standard InChI is InChI=1S/C13H6Cl3F3N2O2S/c1-24(22,23)10-5-21(12(16)7(10)4-20)11-8(14)2-6(3-9(11)15)13(17,18)19/h2-3,5H,1H3. The van der Waals surface area contributed by atoms with E-state index in [1.165, 1.54) is 0 Å². The molecule has 24 heavy (non-hydrogen) atoms. The predicted molar refractivity (Wildman–Crippen MR) is 83.6 cm³/mol. The summed E-state index contributed by atoms with van der Waals surface area (Å²) in [6.07, 6.45) is -2.82. The molecule has 0 aliphatic heterocycles. The number of sulfone groups is 1. The van der Waals surface area contributed by atoms with Gasteiger partial charge in [0.2, 0.25) is 0 Å². The fourth-order valence-corrected chi connectivity index (χ4v) is 3.78. The number of rotatable bonds is 2. The van der Waals surface area contributed by atoms with E-state index in [1.807, 2.05) is 0 Å². The molecule has 0 aliphatic rings. The van der Waals surface area contributed by atoms with Crippen LogP contribution in [-0.2, 0) is 16.0 Å². The number of hydrogen-bond donors (Lipinski definition) is 0. The van der Waals surface area contributed by atoms with E-state index in [-0.39, 0.29) is 21.3 Å². The molecular weight excluding hydrogens is 412 g/mol. The van der Waals surface area contributed by atoms with Crippen molar-refractivity contribution in [1.82, 2.24) is 4.57 Å². The molecule has 2 rings (SSSR count). The van der Waals surface area contributed by atoms with Gasteiger partial charge >= 0.3 is 6.18 Å². The van der Waals surface area contributed by atoms with Crippen LogP contribution in [0.2, 0.25) is 15.2 Å². The summed E-state index contributed by atoms with van der Waals surface area (Å²) >= 11 is 17.7. The molecule has 1 aromatic heterocycles. The first-order chi connectivity index (χ1) is 10.9. The second-order valence-corrected chi connectivity index (χ2v) is 7.86. The van der Waals surface area contributed by atoms with Crippen molar-refractivity contribution >= 4 is 44.6 Å². The van der Waals surface area contributed by atoms with Gasteiger partial charge in [0.05, 0.1) is 21.3 Å². The molecule has 1 aromatic carbocycles. The van der Waals surface area contributed by atoms with Gasteiger partial charge in [0.1, 0.15) is 21.7 Å². The molecule has 128 valence electrons. The minimum atomic E-state index is -4.66. The van der Waals surface area contributed by atoms with E-state index in [0.29, 0.717) is 12.1 Å². The Kier molecular flexibility index (Phi) is 4.85. The molecule has 0 aliphatic carbocycles. The van der Waals surface area contributed by atoms with Gasteiger partial charge in [0, 0.05) is 12.5 Å². The fourth-order valence-electron chi connectivity index (χ4n) is 1.96. The van der Waals surface area contributed by atoms with Gasteiger partial charge in [-0.1, -0.05) is 34.8 Å². The Morgan fingerprint density at radius 1 is 1.17 bits per heavy atom. The highest BCUT2D eigenvalue weighted by Crippen LogP contribution is 2.40. The van der Waals surface area contributed by atoms with Crippen LogP contribution in [0, 0.1) is 11.3 Å². The van der Waals surface area contributed by atoms with Crippen molar-refractivity contribution in [2.75, 3.05) is 6.26 Å². The number of halogens is 6. The third-order valence-corrected chi connectivity index (χ3v) is 5.06. The Morgan fingerprint density at radius 2 is 1.67 bits per heavy atom. The molecule has 11 heteroatoms.